The van der Waals surface area contributed by atoms with E-state index in [2.05, 4.69) is 11.3 Å². The Bertz CT molecular complexity index is 1210. The molecule has 2 saturated carbocycles. The Balaban J connectivity index is 1.51. The van der Waals surface area contributed by atoms with Gasteiger partial charge >= 0.3 is 5.69 Å². The van der Waals surface area contributed by atoms with Crippen molar-refractivity contribution < 1.29 is 13.6 Å². The van der Waals surface area contributed by atoms with E-state index < -0.39 is 23.6 Å². The molecule has 2 heterocycles. The molecule has 2 aromatic rings. The van der Waals surface area contributed by atoms with Crippen molar-refractivity contribution in [1.82, 2.24) is 18.8 Å². The summed E-state index contributed by atoms with van der Waals surface area (Å²) in [5.74, 6) is 0.185. The zero-order valence-corrected chi connectivity index (χ0v) is 18.2. The van der Waals surface area contributed by atoms with Crippen LogP contribution < -0.4 is 16.0 Å². The molecule has 7 nitrogen and oxygen atoms in total. The molecule has 1 amide bonds. The van der Waals surface area contributed by atoms with Gasteiger partial charge in [0.1, 0.15) is 0 Å². The number of rotatable bonds is 8. The van der Waals surface area contributed by atoms with Crippen LogP contribution in [0.1, 0.15) is 31.7 Å². The van der Waals surface area contributed by atoms with Crippen molar-refractivity contribution in [3.05, 3.63) is 51.7 Å². The van der Waals surface area contributed by atoms with E-state index in [9.17, 15) is 23.2 Å². The van der Waals surface area contributed by atoms with Crippen molar-refractivity contribution in [2.24, 2.45) is 5.92 Å². The summed E-state index contributed by atoms with van der Waals surface area (Å²) >= 11 is 1.09. The molecule has 2 aliphatic carbocycles. The normalized spacial score (nSPS) is 19.9. The van der Waals surface area contributed by atoms with Crippen molar-refractivity contribution in [3.8, 4) is 0 Å². The maximum absolute atomic E-state index is 13.3. The first-order chi connectivity index (χ1) is 15.3. The van der Waals surface area contributed by atoms with Crippen LogP contribution in [0.2, 0.25) is 0 Å². The predicted octanol–water partition coefficient (Wildman–Crippen LogP) is 2.54. The Kier molecular flexibility index (Phi) is 5.24. The number of nitrogens with zero attached hydrogens (tertiary/aromatic N) is 3. The van der Waals surface area contributed by atoms with Gasteiger partial charge < -0.3 is 4.90 Å². The molecule has 10 heteroatoms. The lowest BCUT2D eigenvalue weighted by atomic mass is 10.1. The van der Waals surface area contributed by atoms with Gasteiger partial charge in [0.25, 0.3) is 12.0 Å². The molecular formula is C22H24F2N4O3S. The van der Waals surface area contributed by atoms with E-state index in [-0.39, 0.29) is 24.7 Å². The molecule has 1 aromatic carbocycles. The van der Waals surface area contributed by atoms with Crippen LogP contribution in [0.3, 0.4) is 0 Å². The Hall–Kier alpha value is -2.46. The van der Waals surface area contributed by atoms with Crippen LogP contribution >= 0.6 is 11.9 Å². The zero-order valence-electron chi connectivity index (χ0n) is 17.4. The second kappa shape index (κ2) is 7.84. The first-order valence-electron chi connectivity index (χ1n) is 10.8. The molecule has 0 unspecified atom stereocenters. The van der Waals surface area contributed by atoms with Gasteiger partial charge in [-0.3, -0.25) is 18.7 Å². The first kappa shape index (κ1) is 21.4. The van der Waals surface area contributed by atoms with Crippen LogP contribution in [0.4, 0.5) is 8.78 Å². The number of hydrogen-bond donors (Lipinski definition) is 1. The van der Waals surface area contributed by atoms with Crippen LogP contribution in [-0.4, -0.2) is 45.0 Å². The molecule has 32 heavy (non-hydrogen) atoms. The molecule has 1 aliphatic heterocycles. The summed E-state index contributed by atoms with van der Waals surface area (Å²) in [5, 5.41) is 0.382. The molecule has 3 fully saturated rings. The van der Waals surface area contributed by atoms with Gasteiger partial charge in [0.15, 0.2) is 0 Å². The number of benzene rings is 1. The monoisotopic (exact) mass is 462 g/mol. The number of hydrogen-bond acceptors (Lipinski definition) is 5. The molecule has 0 bridgehead atoms. The molecule has 1 N–H and O–H groups in total. The molecule has 0 atom stereocenters. The highest BCUT2D eigenvalue weighted by Gasteiger charge is 2.51. The number of halogens is 2. The van der Waals surface area contributed by atoms with E-state index >= 15 is 0 Å². The first-order valence-corrected chi connectivity index (χ1v) is 11.6. The third-order valence-corrected chi connectivity index (χ3v) is 7.57. The SMILES string of the molecule is C=CC(=O)N1CC(n2c(=O)c3cc(SNC4(C(F)F)CC4)ccc3n(CC3CC3)c2=O)C1. The third kappa shape index (κ3) is 3.69. The smallest absolute Gasteiger partial charge is 0.331 e. The third-order valence-electron chi connectivity index (χ3n) is 6.57. The molecule has 3 aliphatic rings. The highest BCUT2D eigenvalue weighted by Crippen LogP contribution is 2.43. The number of carbonyl (C=O) groups is 1. The number of likely N-dealkylation sites (tertiary alicyclic amines) is 1. The Labute approximate surface area is 187 Å². The molecule has 0 radical (unpaired) electrons. The highest BCUT2D eigenvalue weighted by atomic mass is 32.2. The van der Waals surface area contributed by atoms with Gasteiger partial charge in [-0.15, -0.1) is 0 Å². The number of nitrogens with one attached hydrogen (secondary N) is 1. The van der Waals surface area contributed by atoms with Crippen molar-refractivity contribution >= 4 is 28.8 Å². The second-order valence-electron chi connectivity index (χ2n) is 8.95. The van der Waals surface area contributed by atoms with Crippen LogP contribution in [0.15, 0.2) is 45.3 Å². The summed E-state index contributed by atoms with van der Waals surface area (Å²) in [6, 6.07) is 4.76. The fraction of sp³-hybridized carbons (Fsp3) is 0.500. The fourth-order valence-electron chi connectivity index (χ4n) is 4.08. The lowest BCUT2D eigenvalue weighted by molar-refractivity contribution is -0.131. The minimum atomic E-state index is -2.45. The molecule has 5 rings (SSSR count). The Morgan fingerprint density at radius 1 is 1.28 bits per heavy atom. The maximum Gasteiger partial charge on any atom is 0.331 e. The molecule has 1 saturated heterocycles. The van der Waals surface area contributed by atoms with Gasteiger partial charge in [0.05, 0.1) is 22.5 Å². The van der Waals surface area contributed by atoms with E-state index in [1.165, 1.54) is 15.5 Å². The minimum Gasteiger partial charge on any atom is -0.335 e. The average molecular weight is 463 g/mol. The van der Waals surface area contributed by atoms with Crippen molar-refractivity contribution in [3.63, 3.8) is 0 Å². The maximum atomic E-state index is 13.3. The number of amides is 1. The topological polar surface area (TPSA) is 76.3 Å². The average Bonchev–Trinajstić information content (AvgIpc) is 3.66. The highest BCUT2D eigenvalue weighted by molar-refractivity contribution is 7.97. The van der Waals surface area contributed by atoms with Crippen LogP contribution in [-0.2, 0) is 11.3 Å². The standard InChI is InChI=1S/C22H24F2N4O3S/c1-2-18(29)26-11-14(12-26)28-19(30)16-9-15(32-25-22(7-8-22)20(23)24)5-6-17(16)27(21(28)31)10-13-3-4-13/h2,5-6,9,13-14,20,25H,1,3-4,7-8,10-12H2. The van der Waals surface area contributed by atoms with E-state index in [4.69, 9.17) is 0 Å². The Morgan fingerprint density at radius 2 is 2.00 bits per heavy atom. The van der Waals surface area contributed by atoms with Gasteiger partial charge in [-0.2, -0.15) is 0 Å². The van der Waals surface area contributed by atoms with Gasteiger partial charge in [-0.25, -0.2) is 18.3 Å². The summed E-state index contributed by atoms with van der Waals surface area (Å²) in [5.41, 5.74) is -1.37. The van der Waals surface area contributed by atoms with Crippen molar-refractivity contribution in [2.75, 3.05) is 13.1 Å². The van der Waals surface area contributed by atoms with Crippen LogP contribution in [0, 0.1) is 5.92 Å². The van der Waals surface area contributed by atoms with Gasteiger partial charge in [0.2, 0.25) is 5.91 Å². The number of alkyl halides is 2. The molecule has 1 aromatic heterocycles. The lowest BCUT2D eigenvalue weighted by Crippen LogP contribution is -2.56. The summed E-state index contributed by atoms with van der Waals surface area (Å²) in [6.45, 7) is 4.57. The quantitative estimate of drug-likeness (QED) is 0.482. The summed E-state index contributed by atoms with van der Waals surface area (Å²) in [7, 11) is 0. The van der Waals surface area contributed by atoms with Gasteiger partial charge in [0, 0.05) is 24.5 Å². The molecule has 0 spiro atoms. The molecule has 170 valence electrons. The number of carbonyl (C=O) groups excluding carboxylic acids is 1. The minimum absolute atomic E-state index is 0.230. The summed E-state index contributed by atoms with van der Waals surface area (Å²) < 4.78 is 32.2. The second-order valence-corrected chi connectivity index (χ2v) is 9.83. The van der Waals surface area contributed by atoms with Crippen LogP contribution in [0.5, 0.6) is 0 Å². The van der Waals surface area contributed by atoms with E-state index in [1.54, 1.807) is 22.8 Å². The summed E-state index contributed by atoms with van der Waals surface area (Å²) in [6.07, 6.45) is 1.70. The fourth-order valence-corrected chi connectivity index (χ4v) is 5.01. The largest absolute Gasteiger partial charge is 0.335 e. The van der Waals surface area contributed by atoms with E-state index in [1.807, 2.05) is 0 Å². The van der Waals surface area contributed by atoms with E-state index in [0.29, 0.717) is 41.1 Å². The van der Waals surface area contributed by atoms with Gasteiger partial charge in [-0.05, 0) is 67.8 Å². The van der Waals surface area contributed by atoms with Crippen molar-refractivity contribution in [1.29, 1.82) is 0 Å². The molecular weight excluding hydrogens is 438 g/mol. The Morgan fingerprint density at radius 3 is 2.59 bits per heavy atom. The predicted molar refractivity (Wildman–Crippen MR) is 118 cm³/mol. The summed E-state index contributed by atoms with van der Waals surface area (Å²) in [4.78, 5) is 40.6. The zero-order chi connectivity index (χ0) is 22.6. The lowest BCUT2D eigenvalue weighted by Gasteiger charge is -2.39. The van der Waals surface area contributed by atoms with Crippen molar-refractivity contribution in [2.45, 2.75) is 55.1 Å². The van der Waals surface area contributed by atoms with Gasteiger partial charge in [-0.1, -0.05) is 6.58 Å². The van der Waals surface area contributed by atoms with Crippen LogP contribution in [0.25, 0.3) is 10.9 Å². The number of fused-ring (bicyclic) bond motifs is 1. The number of aromatic nitrogens is 2. The van der Waals surface area contributed by atoms with E-state index in [0.717, 1.165) is 24.8 Å².